The summed E-state index contributed by atoms with van der Waals surface area (Å²) in [5.74, 6) is 0.673. The molecule has 0 fully saturated rings. The smallest absolute Gasteiger partial charge is 0.141 e. The number of ketones is 1. The molecule has 1 aromatic heterocycles. The van der Waals surface area contributed by atoms with E-state index in [1.165, 1.54) is 6.33 Å². The van der Waals surface area contributed by atoms with Crippen LogP contribution in [0.25, 0.3) is 0 Å². The van der Waals surface area contributed by atoms with E-state index in [2.05, 4.69) is 23.8 Å². The lowest BCUT2D eigenvalue weighted by atomic mass is 10.0. The van der Waals surface area contributed by atoms with E-state index in [1.54, 1.807) is 0 Å². The fraction of sp³-hybridized carbons (Fsp3) is 0.583. The van der Waals surface area contributed by atoms with Crippen LogP contribution in [0.3, 0.4) is 0 Å². The zero-order valence-electron chi connectivity index (χ0n) is 9.82. The lowest BCUT2D eigenvalue weighted by molar-refractivity contribution is -0.121. The van der Waals surface area contributed by atoms with Gasteiger partial charge in [-0.05, 0) is 12.0 Å². The second-order valence-corrected chi connectivity index (χ2v) is 4.39. The Morgan fingerprint density at radius 3 is 2.47 bits per heavy atom. The van der Waals surface area contributed by atoms with E-state index in [9.17, 15) is 4.79 Å². The predicted octanol–water partition coefficient (Wildman–Crippen LogP) is 2.37. The van der Waals surface area contributed by atoms with E-state index < -0.39 is 0 Å². The van der Waals surface area contributed by atoms with Gasteiger partial charge in [0.25, 0.3) is 0 Å². The van der Waals surface area contributed by atoms with Crippen molar-refractivity contribution in [2.75, 3.05) is 0 Å². The number of hydrogen-bond donors (Lipinski definition) is 0. The van der Waals surface area contributed by atoms with Gasteiger partial charge in [-0.2, -0.15) is 0 Å². The second-order valence-electron chi connectivity index (χ2n) is 4.39. The monoisotopic (exact) mass is 206 g/mol. The third-order valence-electron chi connectivity index (χ3n) is 2.34. The van der Waals surface area contributed by atoms with Gasteiger partial charge in [0, 0.05) is 18.0 Å². The van der Waals surface area contributed by atoms with Crippen molar-refractivity contribution in [2.45, 2.75) is 40.0 Å². The maximum absolute atomic E-state index is 11.5. The van der Waals surface area contributed by atoms with Crippen molar-refractivity contribution in [3.05, 3.63) is 23.8 Å². The molecule has 1 aromatic rings. The highest BCUT2D eigenvalue weighted by Gasteiger charge is 2.10. The summed E-state index contributed by atoms with van der Waals surface area (Å²) in [7, 11) is 0. The molecule has 1 rings (SSSR count). The predicted molar refractivity (Wildman–Crippen MR) is 59.7 cm³/mol. The lowest BCUT2D eigenvalue weighted by Gasteiger charge is -2.07. The molecule has 3 heteroatoms. The van der Waals surface area contributed by atoms with Gasteiger partial charge < -0.3 is 0 Å². The number of carbonyl (C=O) groups is 1. The summed E-state index contributed by atoms with van der Waals surface area (Å²) in [6.45, 7) is 7.98. The van der Waals surface area contributed by atoms with E-state index in [1.807, 2.05) is 19.9 Å². The summed E-state index contributed by atoms with van der Waals surface area (Å²) in [5.41, 5.74) is 1.82. The van der Waals surface area contributed by atoms with E-state index in [-0.39, 0.29) is 11.7 Å². The molecule has 0 aromatic carbocycles. The quantitative estimate of drug-likeness (QED) is 0.759. The molecule has 0 saturated carbocycles. The molecular formula is C12H18N2O. The summed E-state index contributed by atoms with van der Waals surface area (Å²) in [6.07, 6.45) is 1.96. The maximum Gasteiger partial charge on any atom is 0.141 e. The topological polar surface area (TPSA) is 42.9 Å². The van der Waals surface area contributed by atoms with E-state index >= 15 is 0 Å². The van der Waals surface area contributed by atoms with Gasteiger partial charge in [0.2, 0.25) is 0 Å². The Morgan fingerprint density at radius 2 is 1.93 bits per heavy atom. The van der Waals surface area contributed by atoms with E-state index in [4.69, 9.17) is 0 Å². The Hall–Kier alpha value is -1.25. The minimum atomic E-state index is 0.0717. The van der Waals surface area contributed by atoms with Gasteiger partial charge >= 0.3 is 0 Å². The van der Waals surface area contributed by atoms with Gasteiger partial charge in [0.05, 0.1) is 5.69 Å². The van der Waals surface area contributed by atoms with Crippen LogP contribution in [-0.4, -0.2) is 15.8 Å². The third kappa shape index (κ3) is 3.42. The average molecular weight is 206 g/mol. The molecule has 0 amide bonds. The fourth-order valence-electron chi connectivity index (χ4n) is 1.21. The molecule has 0 aliphatic carbocycles. The molecule has 0 unspecified atom stereocenters. The van der Waals surface area contributed by atoms with Crippen LogP contribution >= 0.6 is 0 Å². The van der Waals surface area contributed by atoms with Crippen LogP contribution in [0.15, 0.2) is 12.4 Å². The SMILES string of the molecule is CC(C)C(=O)Cc1cc(C(C)C)ncn1. The highest BCUT2D eigenvalue weighted by molar-refractivity contribution is 5.82. The molecular weight excluding hydrogens is 188 g/mol. The van der Waals surface area contributed by atoms with Crippen LogP contribution in [0.5, 0.6) is 0 Å². The van der Waals surface area contributed by atoms with E-state index in [0.717, 1.165) is 11.4 Å². The first kappa shape index (κ1) is 11.8. The Labute approximate surface area is 91.0 Å². The Balaban J connectivity index is 2.78. The third-order valence-corrected chi connectivity index (χ3v) is 2.34. The van der Waals surface area contributed by atoms with Gasteiger partial charge in [-0.1, -0.05) is 27.7 Å². The highest BCUT2D eigenvalue weighted by atomic mass is 16.1. The van der Waals surface area contributed by atoms with Gasteiger partial charge in [0.1, 0.15) is 12.1 Å². The maximum atomic E-state index is 11.5. The standard InChI is InChI=1S/C12H18N2O/c1-8(2)11-5-10(13-7-14-11)6-12(15)9(3)4/h5,7-9H,6H2,1-4H3. The van der Waals surface area contributed by atoms with Crippen molar-refractivity contribution < 1.29 is 4.79 Å². The molecule has 0 aliphatic rings. The fourth-order valence-corrected chi connectivity index (χ4v) is 1.21. The largest absolute Gasteiger partial charge is 0.299 e. The number of Topliss-reactive ketones (excluding diaryl/α,β-unsaturated/α-hetero) is 1. The summed E-state index contributed by atoms with van der Waals surface area (Å²) in [5, 5.41) is 0. The zero-order valence-corrected chi connectivity index (χ0v) is 9.82. The Kier molecular flexibility index (Phi) is 3.95. The van der Waals surface area contributed by atoms with Crippen molar-refractivity contribution in [2.24, 2.45) is 5.92 Å². The molecule has 82 valence electrons. The summed E-state index contributed by atoms with van der Waals surface area (Å²) >= 11 is 0. The molecule has 1 heterocycles. The first-order chi connectivity index (χ1) is 7.00. The minimum Gasteiger partial charge on any atom is -0.299 e. The average Bonchev–Trinajstić information content (AvgIpc) is 2.18. The highest BCUT2D eigenvalue weighted by Crippen LogP contribution is 2.12. The second kappa shape index (κ2) is 5.01. The molecule has 0 atom stereocenters. The summed E-state index contributed by atoms with van der Waals surface area (Å²) < 4.78 is 0. The molecule has 0 spiro atoms. The van der Waals surface area contributed by atoms with Crippen LogP contribution in [-0.2, 0) is 11.2 Å². The van der Waals surface area contributed by atoms with Gasteiger partial charge in [0.15, 0.2) is 0 Å². The minimum absolute atomic E-state index is 0.0717. The number of hydrogen-bond acceptors (Lipinski definition) is 3. The van der Waals surface area contributed by atoms with Crippen molar-refractivity contribution in [3.63, 3.8) is 0 Å². The summed E-state index contributed by atoms with van der Waals surface area (Å²) in [6, 6.07) is 1.92. The number of aromatic nitrogens is 2. The summed E-state index contributed by atoms with van der Waals surface area (Å²) in [4.78, 5) is 19.8. The van der Waals surface area contributed by atoms with Crippen LogP contribution in [0.2, 0.25) is 0 Å². The lowest BCUT2D eigenvalue weighted by Crippen LogP contribution is -2.12. The Morgan fingerprint density at radius 1 is 1.27 bits per heavy atom. The molecule has 15 heavy (non-hydrogen) atoms. The van der Waals surface area contributed by atoms with Crippen LogP contribution in [0.1, 0.15) is 45.0 Å². The van der Waals surface area contributed by atoms with Crippen molar-refractivity contribution in [3.8, 4) is 0 Å². The van der Waals surface area contributed by atoms with Gasteiger partial charge in [-0.25, -0.2) is 9.97 Å². The molecule has 0 radical (unpaired) electrons. The van der Waals surface area contributed by atoms with Crippen molar-refractivity contribution in [1.29, 1.82) is 0 Å². The Bertz CT molecular complexity index is 345. The number of nitrogens with zero attached hydrogens (tertiary/aromatic N) is 2. The van der Waals surface area contributed by atoms with E-state index in [0.29, 0.717) is 12.3 Å². The molecule has 0 N–H and O–H groups in total. The van der Waals surface area contributed by atoms with Crippen LogP contribution in [0.4, 0.5) is 0 Å². The number of rotatable bonds is 4. The molecule has 0 bridgehead atoms. The number of carbonyl (C=O) groups excluding carboxylic acids is 1. The van der Waals surface area contributed by atoms with Gasteiger partial charge in [-0.15, -0.1) is 0 Å². The molecule has 0 saturated heterocycles. The first-order valence-corrected chi connectivity index (χ1v) is 5.34. The van der Waals surface area contributed by atoms with Gasteiger partial charge in [-0.3, -0.25) is 4.79 Å². The molecule has 3 nitrogen and oxygen atoms in total. The zero-order chi connectivity index (χ0) is 11.4. The first-order valence-electron chi connectivity index (χ1n) is 5.34. The van der Waals surface area contributed by atoms with Crippen molar-refractivity contribution >= 4 is 5.78 Å². The van der Waals surface area contributed by atoms with Crippen LogP contribution in [0, 0.1) is 5.92 Å². The van der Waals surface area contributed by atoms with Crippen LogP contribution < -0.4 is 0 Å². The van der Waals surface area contributed by atoms with Crippen molar-refractivity contribution in [1.82, 2.24) is 9.97 Å². The molecule has 0 aliphatic heterocycles. The normalized spacial score (nSPS) is 11.1.